The highest BCUT2D eigenvalue weighted by Crippen LogP contribution is 2.11. The summed E-state index contributed by atoms with van der Waals surface area (Å²) in [4.78, 5) is 15.4. The SMILES string of the molecule is CC(CCN)C(=O)Nc1ccc(Cl)nc1. The highest BCUT2D eigenvalue weighted by atomic mass is 35.5. The van der Waals surface area contributed by atoms with Crippen molar-refractivity contribution >= 4 is 23.2 Å². The number of nitrogens with one attached hydrogen (secondary N) is 1. The molecular formula is C10H14ClN3O. The van der Waals surface area contributed by atoms with Gasteiger partial charge in [0.25, 0.3) is 0 Å². The summed E-state index contributed by atoms with van der Waals surface area (Å²) < 4.78 is 0. The molecular weight excluding hydrogens is 214 g/mol. The van der Waals surface area contributed by atoms with Gasteiger partial charge in [0.1, 0.15) is 5.15 Å². The average Bonchev–Trinajstić information content (AvgIpc) is 2.22. The van der Waals surface area contributed by atoms with Gasteiger partial charge < -0.3 is 11.1 Å². The number of hydrogen-bond acceptors (Lipinski definition) is 3. The molecule has 1 aromatic heterocycles. The van der Waals surface area contributed by atoms with Crippen molar-refractivity contribution in [3.63, 3.8) is 0 Å². The standard InChI is InChI=1S/C10H14ClN3O/c1-7(4-5-12)10(15)14-8-2-3-9(11)13-6-8/h2-3,6-7H,4-5,12H2,1H3,(H,14,15). The Morgan fingerprint density at radius 2 is 2.40 bits per heavy atom. The smallest absolute Gasteiger partial charge is 0.227 e. The number of carbonyl (C=O) groups excluding carboxylic acids is 1. The highest BCUT2D eigenvalue weighted by Gasteiger charge is 2.11. The van der Waals surface area contributed by atoms with Crippen LogP contribution in [0.25, 0.3) is 0 Å². The third kappa shape index (κ3) is 3.85. The Morgan fingerprint density at radius 1 is 1.67 bits per heavy atom. The van der Waals surface area contributed by atoms with Crippen LogP contribution in [0.2, 0.25) is 5.15 Å². The van der Waals surface area contributed by atoms with E-state index in [1.54, 1.807) is 12.1 Å². The summed E-state index contributed by atoms with van der Waals surface area (Å²) in [6.07, 6.45) is 2.20. The summed E-state index contributed by atoms with van der Waals surface area (Å²) in [6, 6.07) is 3.34. The van der Waals surface area contributed by atoms with E-state index in [2.05, 4.69) is 10.3 Å². The first-order chi connectivity index (χ1) is 7.13. The van der Waals surface area contributed by atoms with Gasteiger partial charge in [-0.05, 0) is 25.1 Å². The number of anilines is 1. The molecule has 0 saturated heterocycles. The predicted molar refractivity (Wildman–Crippen MR) is 60.7 cm³/mol. The van der Waals surface area contributed by atoms with Crippen LogP contribution in [0.3, 0.4) is 0 Å². The normalized spacial score (nSPS) is 12.2. The van der Waals surface area contributed by atoms with Crippen LogP contribution in [0.15, 0.2) is 18.3 Å². The molecule has 3 N–H and O–H groups in total. The Bertz CT molecular complexity index is 326. The topological polar surface area (TPSA) is 68.0 Å². The van der Waals surface area contributed by atoms with Crippen molar-refractivity contribution in [2.24, 2.45) is 11.7 Å². The average molecular weight is 228 g/mol. The van der Waals surface area contributed by atoms with E-state index in [4.69, 9.17) is 17.3 Å². The van der Waals surface area contributed by atoms with Gasteiger partial charge in [0, 0.05) is 5.92 Å². The van der Waals surface area contributed by atoms with Gasteiger partial charge in [0.05, 0.1) is 11.9 Å². The second kappa shape index (κ2) is 5.68. The third-order valence-electron chi connectivity index (χ3n) is 2.04. The van der Waals surface area contributed by atoms with Crippen LogP contribution in [0, 0.1) is 5.92 Å². The first-order valence-electron chi connectivity index (χ1n) is 4.76. The largest absolute Gasteiger partial charge is 0.330 e. The van der Waals surface area contributed by atoms with Crippen molar-refractivity contribution in [3.05, 3.63) is 23.5 Å². The van der Waals surface area contributed by atoms with Crippen LogP contribution < -0.4 is 11.1 Å². The number of nitrogens with two attached hydrogens (primary N) is 1. The monoisotopic (exact) mass is 227 g/mol. The van der Waals surface area contributed by atoms with Crippen molar-refractivity contribution in [1.82, 2.24) is 4.98 Å². The highest BCUT2D eigenvalue weighted by molar-refractivity contribution is 6.29. The van der Waals surface area contributed by atoms with Gasteiger partial charge in [0.15, 0.2) is 0 Å². The Morgan fingerprint density at radius 3 is 2.93 bits per heavy atom. The molecule has 0 fully saturated rings. The molecule has 1 aromatic rings. The lowest BCUT2D eigenvalue weighted by Crippen LogP contribution is -2.22. The van der Waals surface area contributed by atoms with E-state index in [0.29, 0.717) is 23.8 Å². The molecule has 0 aliphatic carbocycles. The van der Waals surface area contributed by atoms with Crippen molar-refractivity contribution in [2.75, 3.05) is 11.9 Å². The quantitative estimate of drug-likeness (QED) is 0.769. The summed E-state index contributed by atoms with van der Waals surface area (Å²) in [7, 11) is 0. The molecule has 0 aliphatic rings. The lowest BCUT2D eigenvalue weighted by atomic mass is 10.1. The first-order valence-corrected chi connectivity index (χ1v) is 5.13. The molecule has 0 aromatic carbocycles. The lowest BCUT2D eigenvalue weighted by Gasteiger charge is -2.10. The maximum Gasteiger partial charge on any atom is 0.227 e. The van der Waals surface area contributed by atoms with Crippen LogP contribution in [-0.4, -0.2) is 17.4 Å². The molecule has 0 saturated carbocycles. The van der Waals surface area contributed by atoms with E-state index in [1.165, 1.54) is 6.20 Å². The van der Waals surface area contributed by atoms with Crippen LogP contribution >= 0.6 is 11.6 Å². The van der Waals surface area contributed by atoms with Gasteiger partial charge in [0.2, 0.25) is 5.91 Å². The van der Waals surface area contributed by atoms with Gasteiger partial charge in [-0.1, -0.05) is 18.5 Å². The minimum absolute atomic E-state index is 0.0513. The Kier molecular flexibility index (Phi) is 4.52. The molecule has 5 heteroatoms. The third-order valence-corrected chi connectivity index (χ3v) is 2.27. The number of pyridine rings is 1. The number of aromatic nitrogens is 1. The zero-order valence-electron chi connectivity index (χ0n) is 8.53. The zero-order chi connectivity index (χ0) is 11.3. The van der Waals surface area contributed by atoms with E-state index in [9.17, 15) is 4.79 Å². The Balaban J connectivity index is 2.54. The first kappa shape index (κ1) is 11.9. The second-order valence-corrected chi connectivity index (χ2v) is 3.72. The molecule has 1 unspecified atom stereocenters. The summed E-state index contributed by atoms with van der Waals surface area (Å²) >= 11 is 5.62. The lowest BCUT2D eigenvalue weighted by molar-refractivity contribution is -0.119. The number of halogens is 1. The fourth-order valence-electron chi connectivity index (χ4n) is 1.10. The molecule has 1 amide bonds. The van der Waals surface area contributed by atoms with E-state index >= 15 is 0 Å². The Hall–Kier alpha value is -1.13. The molecule has 0 radical (unpaired) electrons. The number of carbonyl (C=O) groups is 1. The van der Waals surface area contributed by atoms with Gasteiger partial charge in [-0.25, -0.2) is 4.98 Å². The molecule has 4 nitrogen and oxygen atoms in total. The maximum atomic E-state index is 11.6. The minimum Gasteiger partial charge on any atom is -0.330 e. The fraction of sp³-hybridized carbons (Fsp3) is 0.400. The van der Waals surface area contributed by atoms with Gasteiger partial charge in [-0.3, -0.25) is 4.79 Å². The van der Waals surface area contributed by atoms with Crippen molar-refractivity contribution in [3.8, 4) is 0 Å². The molecule has 0 aliphatic heterocycles. The molecule has 1 heterocycles. The van der Waals surface area contributed by atoms with Gasteiger partial charge in [-0.15, -0.1) is 0 Å². The summed E-state index contributed by atoms with van der Waals surface area (Å²) in [5.74, 6) is -0.143. The molecule has 0 bridgehead atoms. The number of nitrogens with zero attached hydrogens (tertiary/aromatic N) is 1. The molecule has 1 atom stereocenters. The van der Waals surface area contributed by atoms with Gasteiger partial charge >= 0.3 is 0 Å². The van der Waals surface area contributed by atoms with Gasteiger partial charge in [-0.2, -0.15) is 0 Å². The van der Waals surface area contributed by atoms with E-state index < -0.39 is 0 Å². The van der Waals surface area contributed by atoms with E-state index in [-0.39, 0.29) is 11.8 Å². The number of rotatable bonds is 4. The number of amides is 1. The molecule has 82 valence electrons. The van der Waals surface area contributed by atoms with Crippen molar-refractivity contribution in [1.29, 1.82) is 0 Å². The second-order valence-electron chi connectivity index (χ2n) is 3.34. The Labute approximate surface area is 93.8 Å². The van der Waals surface area contributed by atoms with Crippen LogP contribution in [0.5, 0.6) is 0 Å². The molecule has 1 rings (SSSR count). The minimum atomic E-state index is -0.0920. The van der Waals surface area contributed by atoms with Crippen LogP contribution in [-0.2, 0) is 4.79 Å². The zero-order valence-corrected chi connectivity index (χ0v) is 9.29. The fourth-order valence-corrected chi connectivity index (χ4v) is 1.21. The summed E-state index contributed by atoms with van der Waals surface area (Å²) in [5, 5.41) is 3.14. The van der Waals surface area contributed by atoms with E-state index in [1.807, 2.05) is 6.92 Å². The van der Waals surface area contributed by atoms with Crippen molar-refractivity contribution in [2.45, 2.75) is 13.3 Å². The molecule has 15 heavy (non-hydrogen) atoms. The number of hydrogen-bond donors (Lipinski definition) is 2. The van der Waals surface area contributed by atoms with Crippen LogP contribution in [0.4, 0.5) is 5.69 Å². The summed E-state index contributed by atoms with van der Waals surface area (Å²) in [6.45, 7) is 2.35. The van der Waals surface area contributed by atoms with E-state index in [0.717, 1.165) is 0 Å². The summed E-state index contributed by atoms with van der Waals surface area (Å²) in [5.41, 5.74) is 6.02. The van der Waals surface area contributed by atoms with Crippen molar-refractivity contribution < 1.29 is 4.79 Å². The maximum absolute atomic E-state index is 11.6. The van der Waals surface area contributed by atoms with Crippen LogP contribution in [0.1, 0.15) is 13.3 Å². The predicted octanol–water partition coefficient (Wildman–Crippen LogP) is 1.66. The molecule has 0 spiro atoms.